The van der Waals surface area contributed by atoms with Gasteiger partial charge in [0.25, 0.3) is 0 Å². The van der Waals surface area contributed by atoms with Crippen molar-refractivity contribution in [1.29, 1.82) is 5.41 Å². The van der Waals surface area contributed by atoms with E-state index in [1.165, 1.54) is 12.1 Å². The summed E-state index contributed by atoms with van der Waals surface area (Å²) in [6, 6.07) is 3.64. The molecule has 1 fully saturated rings. The van der Waals surface area contributed by atoms with Crippen molar-refractivity contribution >= 4 is 17.6 Å². The molecule has 0 atom stereocenters. The van der Waals surface area contributed by atoms with Crippen LogP contribution in [0, 0.1) is 11.2 Å². The van der Waals surface area contributed by atoms with Crippen LogP contribution in [0.3, 0.4) is 0 Å². The van der Waals surface area contributed by atoms with E-state index < -0.39 is 5.82 Å². The van der Waals surface area contributed by atoms with Crippen LogP contribution in [0.25, 0.3) is 0 Å². The molecule has 0 saturated carbocycles. The maximum absolute atomic E-state index is 13.7. The molecule has 0 radical (unpaired) electrons. The number of morpholine rings is 1. The van der Waals surface area contributed by atoms with Gasteiger partial charge < -0.3 is 20.7 Å². The number of ether oxygens (including phenoxy) is 1. The highest BCUT2D eigenvalue weighted by atomic mass is 19.1. The predicted molar refractivity (Wildman–Crippen MR) is 68.8 cm³/mol. The minimum absolute atomic E-state index is 0.0708. The molecule has 1 aliphatic heterocycles. The van der Waals surface area contributed by atoms with Crippen LogP contribution < -0.4 is 11.1 Å². The van der Waals surface area contributed by atoms with Crippen molar-refractivity contribution in [2.24, 2.45) is 5.73 Å². The van der Waals surface area contributed by atoms with Gasteiger partial charge in [-0.1, -0.05) is 0 Å². The van der Waals surface area contributed by atoms with E-state index in [2.05, 4.69) is 5.32 Å². The maximum Gasteiger partial charge on any atom is 0.322 e. The molecule has 0 bridgehead atoms. The fourth-order valence-corrected chi connectivity index (χ4v) is 1.74. The average molecular weight is 266 g/mol. The number of amidine groups is 1. The smallest absolute Gasteiger partial charge is 0.322 e. The summed E-state index contributed by atoms with van der Waals surface area (Å²) in [5.41, 5.74) is 5.61. The van der Waals surface area contributed by atoms with Gasteiger partial charge in [-0.3, -0.25) is 5.41 Å². The van der Waals surface area contributed by atoms with Crippen LogP contribution in [0.15, 0.2) is 18.2 Å². The molecule has 1 heterocycles. The predicted octanol–water partition coefficient (Wildman–Crippen LogP) is 0.974. The van der Waals surface area contributed by atoms with Crippen molar-refractivity contribution in [1.82, 2.24) is 4.90 Å². The number of anilines is 1. The zero-order chi connectivity index (χ0) is 13.8. The van der Waals surface area contributed by atoms with Gasteiger partial charge in [-0.15, -0.1) is 0 Å². The van der Waals surface area contributed by atoms with Gasteiger partial charge in [0.15, 0.2) is 0 Å². The van der Waals surface area contributed by atoms with E-state index in [9.17, 15) is 9.18 Å². The highest BCUT2D eigenvalue weighted by Crippen LogP contribution is 2.16. The fraction of sp³-hybridized carbons (Fsp3) is 0.333. The van der Waals surface area contributed by atoms with Gasteiger partial charge in [0.2, 0.25) is 0 Å². The largest absolute Gasteiger partial charge is 0.384 e. The lowest BCUT2D eigenvalue weighted by molar-refractivity contribution is 0.0564. The zero-order valence-electron chi connectivity index (χ0n) is 10.3. The number of urea groups is 1. The molecular weight excluding hydrogens is 251 g/mol. The van der Waals surface area contributed by atoms with E-state index in [0.717, 1.165) is 6.07 Å². The molecule has 0 unspecified atom stereocenters. The molecule has 19 heavy (non-hydrogen) atoms. The Labute approximate surface area is 109 Å². The Balaban J connectivity index is 2.06. The van der Waals surface area contributed by atoms with E-state index in [-0.39, 0.29) is 23.1 Å². The van der Waals surface area contributed by atoms with Gasteiger partial charge in [0, 0.05) is 18.7 Å². The number of rotatable bonds is 2. The van der Waals surface area contributed by atoms with Gasteiger partial charge >= 0.3 is 6.03 Å². The van der Waals surface area contributed by atoms with E-state index in [1.807, 2.05) is 0 Å². The van der Waals surface area contributed by atoms with Crippen molar-refractivity contribution in [2.45, 2.75) is 0 Å². The molecule has 0 aromatic heterocycles. The van der Waals surface area contributed by atoms with Crippen molar-refractivity contribution in [2.75, 3.05) is 31.6 Å². The Kier molecular flexibility index (Phi) is 3.96. The van der Waals surface area contributed by atoms with E-state index >= 15 is 0 Å². The van der Waals surface area contributed by atoms with Crippen LogP contribution >= 0.6 is 0 Å². The lowest BCUT2D eigenvalue weighted by Gasteiger charge is -2.27. The second-order valence-electron chi connectivity index (χ2n) is 4.14. The van der Waals surface area contributed by atoms with Gasteiger partial charge in [-0.05, 0) is 18.2 Å². The van der Waals surface area contributed by atoms with Gasteiger partial charge in [-0.25, -0.2) is 9.18 Å². The maximum atomic E-state index is 13.7. The van der Waals surface area contributed by atoms with Crippen LogP contribution in [0.2, 0.25) is 0 Å². The number of carbonyl (C=O) groups excluding carboxylic acids is 1. The molecule has 0 aliphatic carbocycles. The number of hydrogen-bond acceptors (Lipinski definition) is 3. The standard InChI is InChI=1S/C12H15FN4O2/c13-9-7-8(11(14)15)1-2-10(9)16-12(18)17-3-5-19-6-4-17/h1-2,7H,3-6H2,(H3,14,15)(H,16,18). The van der Waals surface area contributed by atoms with Gasteiger partial charge in [0.1, 0.15) is 11.7 Å². The Morgan fingerprint density at radius 1 is 1.42 bits per heavy atom. The van der Waals surface area contributed by atoms with Gasteiger partial charge in [-0.2, -0.15) is 0 Å². The molecule has 6 nitrogen and oxygen atoms in total. The summed E-state index contributed by atoms with van der Waals surface area (Å²) in [6.07, 6.45) is 0. The highest BCUT2D eigenvalue weighted by Gasteiger charge is 2.18. The highest BCUT2D eigenvalue weighted by molar-refractivity contribution is 5.96. The third-order valence-corrected chi connectivity index (χ3v) is 2.82. The second kappa shape index (κ2) is 5.66. The number of nitrogen functional groups attached to an aromatic ring is 1. The third-order valence-electron chi connectivity index (χ3n) is 2.82. The number of hydrogen-bond donors (Lipinski definition) is 3. The molecule has 1 aromatic rings. The molecular formula is C12H15FN4O2. The second-order valence-corrected chi connectivity index (χ2v) is 4.14. The zero-order valence-corrected chi connectivity index (χ0v) is 10.3. The SMILES string of the molecule is N=C(N)c1ccc(NC(=O)N2CCOCC2)c(F)c1. The van der Waals surface area contributed by atoms with Crippen LogP contribution in [-0.2, 0) is 4.74 Å². The molecule has 2 rings (SSSR count). The number of nitrogens with one attached hydrogen (secondary N) is 2. The van der Waals surface area contributed by atoms with Crippen LogP contribution in [0.5, 0.6) is 0 Å². The molecule has 1 aromatic carbocycles. The lowest BCUT2D eigenvalue weighted by Crippen LogP contribution is -2.43. The Bertz CT molecular complexity index is 501. The molecule has 102 valence electrons. The molecule has 1 saturated heterocycles. The first-order valence-electron chi connectivity index (χ1n) is 5.85. The quantitative estimate of drug-likeness (QED) is 0.550. The van der Waals surface area contributed by atoms with E-state index in [0.29, 0.717) is 26.3 Å². The monoisotopic (exact) mass is 266 g/mol. The topological polar surface area (TPSA) is 91.4 Å². The minimum Gasteiger partial charge on any atom is -0.384 e. The van der Waals surface area contributed by atoms with E-state index in [4.69, 9.17) is 15.9 Å². The number of amides is 2. The summed E-state index contributed by atoms with van der Waals surface area (Å²) < 4.78 is 18.9. The summed E-state index contributed by atoms with van der Waals surface area (Å²) in [5, 5.41) is 9.70. The lowest BCUT2D eigenvalue weighted by atomic mass is 10.2. The summed E-state index contributed by atoms with van der Waals surface area (Å²) in [6.45, 7) is 1.94. The first kappa shape index (κ1) is 13.3. The minimum atomic E-state index is -0.616. The molecule has 4 N–H and O–H groups in total. The Morgan fingerprint density at radius 2 is 2.11 bits per heavy atom. The molecule has 1 aliphatic rings. The van der Waals surface area contributed by atoms with Crippen LogP contribution in [-0.4, -0.2) is 43.1 Å². The number of carbonyl (C=O) groups is 1. The number of benzene rings is 1. The number of halogens is 1. The average Bonchev–Trinajstić information content (AvgIpc) is 2.41. The van der Waals surface area contributed by atoms with Gasteiger partial charge in [0.05, 0.1) is 18.9 Å². The van der Waals surface area contributed by atoms with Crippen molar-refractivity contribution < 1.29 is 13.9 Å². The van der Waals surface area contributed by atoms with Crippen LogP contribution in [0.1, 0.15) is 5.56 Å². The van der Waals surface area contributed by atoms with Crippen molar-refractivity contribution in [3.63, 3.8) is 0 Å². The van der Waals surface area contributed by atoms with E-state index in [1.54, 1.807) is 4.90 Å². The molecule has 0 spiro atoms. The summed E-state index contributed by atoms with van der Waals surface area (Å²) >= 11 is 0. The first-order chi connectivity index (χ1) is 9.08. The summed E-state index contributed by atoms with van der Waals surface area (Å²) in [5.74, 6) is -0.834. The molecule has 2 amide bonds. The normalized spacial score (nSPS) is 15.1. The molecule has 7 heteroatoms. The summed E-state index contributed by atoms with van der Waals surface area (Å²) in [7, 11) is 0. The van der Waals surface area contributed by atoms with Crippen LogP contribution in [0.4, 0.5) is 14.9 Å². The fourth-order valence-electron chi connectivity index (χ4n) is 1.74. The number of nitrogens with zero attached hydrogens (tertiary/aromatic N) is 1. The third kappa shape index (κ3) is 3.19. The first-order valence-corrected chi connectivity index (χ1v) is 5.85. The summed E-state index contributed by atoms with van der Waals surface area (Å²) in [4.78, 5) is 13.4. The van der Waals surface area contributed by atoms with Crippen molar-refractivity contribution in [3.05, 3.63) is 29.6 Å². The Hall–Kier alpha value is -2.15. The van der Waals surface area contributed by atoms with Crippen molar-refractivity contribution in [3.8, 4) is 0 Å². The number of nitrogens with two attached hydrogens (primary N) is 1. The Morgan fingerprint density at radius 3 is 2.68 bits per heavy atom.